The molecule has 1 unspecified atom stereocenters. The number of likely N-dealkylation sites (tertiary alicyclic amines) is 1. The molecule has 0 aromatic heterocycles. The highest BCUT2D eigenvalue weighted by atomic mass is 19.1. The first-order valence-corrected chi connectivity index (χ1v) is 6.64. The normalized spacial score (nSPS) is 17.7. The zero-order valence-corrected chi connectivity index (χ0v) is 11.9. The molecule has 1 aliphatic rings. The van der Waals surface area contributed by atoms with Crippen LogP contribution in [0.15, 0.2) is 18.2 Å². The molecule has 0 bridgehead atoms. The van der Waals surface area contributed by atoms with Gasteiger partial charge in [0, 0.05) is 26.7 Å². The van der Waals surface area contributed by atoms with Crippen molar-refractivity contribution in [3.8, 4) is 0 Å². The Kier molecular flexibility index (Phi) is 4.40. The SMILES string of the molecule is CN(C)C(=O)C1CCCN1C(=O)Nc1ccc(F)cc1F. The Bertz CT molecular complexity index is 563. The lowest BCUT2D eigenvalue weighted by molar-refractivity contribution is -0.132. The Morgan fingerprint density at radius 3 is 2.67 bits per heavy atom. The number of likely N-dealkylation sites (N-methyl/N-ethyl adjacent to an activating group) is 1. The van der Waals surface area contributed by atoms with Gasteiger partial charge in [-0.3, -0.25) is 4.79 Å². The van der Waals surface area contributed by atoms with E-state index in [9.17, 15) is 18.4 Å². The van der Waals surface area contributed by atoms with Crippen molar-refractivity contribution in [2.24, 2.45) is 0 Å². The highest BCUT2D eigenvalue weighted by Gasteiger charge is 2.35. The molecule has 2 rings (SSSR count). The summed E-state index contributed by atoms with van der Waals surface area (Å²) in [6.45, 7) is 0.429. The summed E-state index contributed by atoms with van der Waals surface area (Å²) in [4.78, 5) is 27.0. The van der Waals surface area contributed by atoms with Gasteiger partial charge in [0.25, 0.3) is 0 Å². The highest BCUT2D eigenvalue weighted by molar-refractivity contribution is 5.94. The largest absolute Gasteiger partial charge is 0.347 e. The molecule has 1 N–H and O–H groups in total. The van der Waals surface area contributed by atoms with Gasteiger partial charge in [-0.2, -0.15) is 0 Å². The number of benzene rings is 1. The molecular formula is C14H17F2N3O2. The quantitative estimate of drug-likeness (QED) is 0.908. The Labute approximate surface area is 121 Å². The van der Waals surface area contributed by atoms with Crippen molar-refractivity contribution >= 4 is 17.6 Å². The molecule has 0 spiro atoms. The Balaban J connectivity index is 2.10. The summed E-state index contributed by atoms with van der Waals surface area (Å²) in [5, 5.41) is 2.38. The number of carbonyl (C=O) groups excluding carboxylic acids is 2. The van der Waals surface area contributed by atoms with Crippen molar-refractivity contribution in [3.05, 3.63) is 29.8 Å². The second kappa shape index (κ2) is 6.07. The third kappa shape index (κ3) is 3.29. The molecule has 1 aromatic carbocycles. The third-order valence-corrected chi connectivity index (χ3v) is 3.41. The van der Waals surface area contributed by atoms with E-state index in [-0.39, 0.29) is 11.6 Å². The Morgan fingerprint density at radius 1 is 1.33 bits per heavy atom. The number of nitrogens with one attached hydrogen (secondary N) is 1. The zero-order chi connectivity index (χ0) is 15.6. The number of hydrogen-bond donors (Lipinski definition) is 1. The van der Waals surface area contributed by atoms with E-state index in [0.29, 0.717) is 25.5 Å². The summed E-state index contributed by atoms with van der Waals surface area (Å²) in [6, 6.07) is 1.82. The number of carbonyl (C=O) groups is 2. The molecule has 3 amide bonds. The lowest BCUT2D eigenvalue weighted by atomic mass is 10.2. The van der Waals surface area contributed by atoms with Gasteiger partial charge in [-0.25, -0.2) is 13.6 Å². The number of urea groups is 1. The van der Waals surface area contributed by atoms with Crippen LogP contribution < -0.4 is 5.32 Å². The van der Waals surface area contributed by atoms with Gasteiger partial charge in [-0.1, -0.05) is 0 Å². The second-order valence-electron chi connectivity index (χ2n) is 5.14. The maximum atomic E-state index is 13.5. The standard InChI is InChI=1S/C14H17F2N3O2/c1-18(2)13(20)12-4-3-7-19(12)14(21)17-11-6-5-9(15)8-10(11)16/h5-6,8,12H,3-4,7H2,1-2H3,(H,17,21). The zero-order valence-electron chi connectivity index (χ0n) is 11.9. The Morgan fingerprint density at radius 2 is 2.05 bits per heavy atom. The minimum absolute atomic E-state index is 0.107. The van der Waals surface area contributed by atoms with Crippen LogP contribution in [0.5, 0.6) is 0 Å². The summed E-state index contributed by atoms with van der Waals surface area (Å²) in [5.41, 5.74) is -0.107. The van der Waals surface area contributed by atoms with Crippen molar-refractivity contribution in [1.82, 2.24) is 9.80 Å². The van der Waals surface area contributed by atoms with Gasteiger partial charge in [0.2, 0.25) is 5.91 Å². The van der Waals surface area contributed by atoms with Crippen molar-refractivity contribution in [2.75, 3.05) is 26.0 Å². The van der Waals surface area contributed by atoms with E-state index in [1.165, 1.54) is 9.80 Å². The maximum absolute atomic E-state index is 13.5. The topological polar surface area (TPSA) is 52.7 Å². The van der Waals surface area contributed by atoms with E-state index in [4.69, 9.17) is 0 Å². The smallest absolute Gasteiger partial charge is 0.322 e. The van der Waals surface area contributed by atoms with Crippen LogP contribution in [0.2, 0.25) is 0 Å². The van der Waals surface area contributed by atoms with Crippen LogP contribution in [0.1, 0.15) is 12.8 Å². The first kappa shape index (κ1) is 15.2. The van der Waals surface area contributed by atoms with Crippen molar-refractivity contribution < 1.29 is 18.4 Å². The van der Waals surface area contributed by atoms with Crippen LogP contribution in [0, 0.1) is 11.6 Å². The van der Waals surface area contributed by atoms with E-state index in [0.717, 1.165) is 12.1 Å². The fraction of sp³-hybridized carbons (Fsp3) is 0.429. The molecule has 5 nitrogen and oxygen atoms in total. The number of amides is 3. The average molecular weight is 297 g/mol. The van der Waals surface area contributed by atoms with Gasteiger partial charge in [0.05, 0.1) is 5.69 Å². The summed E-state index contributed by atoms with van der Waals surface area (Å²) < 4.78 is 26.4. The van der Waals surface area contributed by atoms with E-state index in [1.54, 1.807) is 14.1 Å². The lowest BCUT2D eigenvalue weighted by Crippen LogP contribution is -2.47. The fourth-order valence-corrected chi connectivity index (χ4v) is 2.34. The van der Waals surface area contributed by atoms with E-state index in [2.05, 4.69) is 5.32 Å². The molecule has 114 valence electrons. The molecule has 1 atom stereocenters. The summed E-state index contributed by atoms with van der Waals surface area (Å²) in [7, 11) is 3.24. The van der Waals surface area contributed by atoms with Crippen LogP contribution in [0.4, 0.5) is 19.3 Å². The molecule has 1 saturated heterocycles. The van der Waals surface area contributed by atoms with Crippen LogP contribution in [0.3, 0.4) is 0 Å². The first-order chi connectivity index (χ1) is 9.90. The van der Waals surface area contributed by atoms with Crippen LogP contribution in [-0.4, -0.2) is 48.4 Å². The predicted octanol–water partition coefficient (Wildman–Crippen LogP) is 2.05. The summed E-state index contributed by atoms with van der Waals surface area (Å²) in [6.07, 6.45) is 1.29. The average Bonchev–Trinajstić information content (AvgIpc) is 2.90. The number of hydrogen-bond acceptors (Lipinski definition) is 2. The van der Waals surface area contributed by atoms with Crippen LogP contribution in [0.25, 0.3) is 0 Å². The van der Waals surface area contributed by atoms with E-state index < -0.39 is 23.7 Å². The summed E-state index contributed by atoms with van der Waals surface area (Å²) >= 11 is 0. The second-order valence-corrected chi connectivity index (χ2v) is 5.14. The minimum Gasteiger partial charge on any atom is -0.347 e. The molecule has 21 heavy (non-hydrogen) atoms. The number of rotatable bonds is 2. The first-order valence-electron chi connectivity index (χ1n) is 6.64. The van der Waals surface area contributed by atoms with Gasteiger partial charge in [-0.05, 0) is 25.0 Å². The molecular weight excluding hydrogens is 280 g/mol. The molecule has 0 saturated carbocycles. The maximum Gasteiger partial charge on any atom is 0.322 e. The summed E-state index contributed by atoms with van der Waals surface area (Å²) in [5.74, 6) is -1.73. The van der Waals surface area contributed by atoms with Crippen molar-refractivity contribution in [2.45, 2.75) is 18.9 Å². The fourth-order valence-electron chi connectivity index (χ4n) is 2.34. The van der Waals surface area contributed by atoms with Gasteiger partial charge in [0.1, 0.15) is 17.7 Å². The lowest BCUT2D eigenvalue weighted by Gasteiger charge is -2.26. The van der Waals surface area contributed by atoms with Gasteiger partial charge >= 0.3 is 6.03 Å². The molecule has 1 fully saturated rings. The number of anilines is 1. The third-order valence-electron chi connectivity index (χ3n) is 3.41. The van der Waals surface area contributed by atoms with Crippen molar-refractivity contribution in [3.63, 3.8) is 0 Å². The molecule has 1 aliphatic heterocycles. The molecule has 7 heteroatoms. The number of halogens is 2. The van der Waals surface area contributed by atoms with Gasteiger partial charge in [0.15, 0.2) is 0 Å². The number of nitrogens with zero attached hydrogens (tertiary/aromatic N) is 2. The van der Waals surface area contributed by atoms with E-state index in [1.807, 2.05) is 0 Å². The minimum atomic E-state index is -0.849. The van der Waals surface area contributed by atoms with Gasteiger partial charge in [-0.15, -0.1) is 0 Å². The van der Waals surface area contributed by atoms with Crippen molar-refractivity contribution in [1.29, 1.82) is 0 Å². The van der Waals surface area contributed by atoms with E-state index >= 15 is 0 Å². The molecule has 0 aliphatic carbocycles. The van der Waals surface area contributed by atoms with Crippen LogP contribution in [-0.2, 0) is 4.79 Å². The monoisotopic (exact) mass is 297 g/mol. The van der Waals surface area contributed by atoms with Gasteiger partial charge < -0.3 is 15.1 Å². The molecule has 1 aromatic rings. The van der Waals surface area contributed by atoms with Crippen LogP contribution >= 0.6 is 0 Å². The highest BCUT2D eigenvalue weighted by Crippen LogP contribution is 2.21. The molecule has 1 heterocycles. The predicted molar refractivity (Wildman–Crippen MR) is 73.8 cm³/mol. The molecule has 0 radical (unpaired) electrons. The Hall–Kier alpha value is -2.18.